The van der Waals surface area contributed by atoms with Crippen molar-refractivity contribution in [1.82, 2.24) is 9.47 Å². The summed E-state index contributed by atoms with van der Waals surface area (Å²) in [5, 5.41) is 8.99. The van der Waals surface area contributed by atoms with Crippen molar-refractivity contribution in [2.45, 2.75) is 52.1 Å². The third-order valence-electron chi connectivity index (χ3n) is 4.06. The molecule has 0 radical (unpaired) electrons. The van der Waals surface area contributed by atoms with E-state index in [1.165, 1.54) is 0 Å². The largest absolute Gasteiger partial charge is 0.481 e. The van der Waals surface area contributed by atoms with Gasteiger partial charge in [0.25, 0.3) is 5.56 Å². The average Bonchev–Trinajstić information content (AvgIpc) is 2.42. The number of carboxylic acids is 1. The summed E-state index contributed by atoms with van der Waals surface area (Å²) in [4.78, 5) is 25.7. The third kappa shape index (κ3) is 3.73. The van der Waals surface area contributed by atoms with Crippen molar-refractivity contribution in [3.8, 4) is 0 Å². The first-order valence-corrected chi connectivity index (χ1v) is 7.67. The van der Waals surface area contributed by atoms with Crippen LogP contribution in [0.1, 0.15) is 43.0 Å². The summed E-state index contributed by atoms with van der Waals surface area (Å²) in [7, 11) is 2.05. The molecule has 0 aliphatic carbocycles. The van der Waals surface area contributed by atoms with Crippen LogP contribution in [0.2, 0.25) is 0 Å². The minimum atomic E-state index is -0.948. The van der Waals surface area contributed by atoms with E-state index in [4.69, 9.17) is 5.11 Å². The van der Waals surface area contributed by atoms with Gasteiger partial charge in [0, 0.05) is 37.3 Å². The maximum atomic E-state index is 12.5. The molecule has 0 saturated heterocycles. The van der Waals surface area contributed by atoms with E-state index in [9.17, 15) is 9.59 Å². The molecule has 0 atom stereocenters. The van der Waals surface area contributed by atoms with Gasteiger partial charge in [-0.1, -0.05) is 19.8 Å². The van der Waals surface area contributed by atoms with E-state index in [2.05, 4.69) is 11.8 Å². The van der Waals surface area contributed by atoms with Crippen molar-refractivity contribution in [2.24, 2.45) is 0 Å². The number of likely N-dealkylation sites (N-methyl/N-ethyl adjacent to an activating group) is 1. The molecule has 2 heterocycles. The quantitative estimate of drug-likeness (QED) is 0.810. The number of carbonyl (C=O) groups is 1. The lowest BCUT2D eigenvalue weighted by molar-refractivity contribution is -0.136. The van der Waals surface area contributed by atoms with Gasteiger partial charge in [-0.05, 0) is 25.1 Å². The van der Waals surface area contributed by atoms with Gasteiger partial charge in [-0.25, -0.2) is 0 Å². The Morgan fingerprint density at radius 2 is 2.14 bits per heavy atom. The van der Waals surface area contributed by atoms with E-state index in [0.717, 1.165) is 50.0 Å². The maximum absolute atomic E-state index is 12.5. The van der Waals surface area contributed by atoms with E-state index in [1.54, 1.807) is 6.07 Å². The molecule has 0 aromatic carbocycles. The maximum Gasteiger partial charge on any atom is 0.308 e. The van der Waals surface area contributed by atoms with Crippen molar-refractivity contribution >= 4 is 5.97 Å². The Morgan fingerprint density at radius 1 is 1.38 bits per heavy atom. The van der Waals surface area contributed by atoms with E-state index in [1.807, 2.05) is 11.6 Å². The smallest absolute Gasteiger partial charge is 0.308 e. The first-order chi connectivity index (χ1) is 10.0. The van der Waals surface area contributed by atoms with Crippen LogP contribution in [0.25, 0.3) is 0 Å². The lowest BCUT2D eigenvalue weighted by atomic mass is 10.0. The minimum Gasteiger partial charge on any atom is -0.481 e. The predicted molar refractivity (Wildman–Crippen MR) is 81.6 cm³/mol. The normalized spacial score (nSPS) is 15.0. The number of rotatable bonds is 6. The lowest BCUT2D eigenvalue weighted by Crippen LogP contribution is -2.35. The molecule has 2 rings (SSSR count). The van der Waals surface area contributed by atoms with Crippen LogP contribution >= 0.6 is 0 Å². The van der Waals surface area contributed by atoms with Gasteiger partial charge in [-0.15, -0.1) is 0 Å². The van der Waals surface area contributed by atoms with Gasteiger partial charge in [-0.3, -0.25) is 9.59 Å². The number of fused-ring (bicyclic) bond motifs is 1. The average molecular weight is 292 g/mol. The standard InChI is InChI=1S/C16H24N2O3/c1-3-4-5-7-18-14-6-8-17(2)11-13(14)9-12(16(18)21)10-15(19)20/h9H,3-8,10-11H2,1-2H3,(H,19,20). The minimum absolute atomic E-state index is 0.114. The molecular weight excluding hydrogens is 268 g/mol. The highest BCUT2D eigenvalue weighted by atomic mass is 16.4. The van der Waals surface area contributed by atoms with Gasteiger partial charge in [0.2, 0.25) is 0 Å². The Morgan fingerprint density at radius 3 is 2.81 bits per heavy atom. The number of pyridine rings is 1. The van der Waals surface area contributed by atoms with Gasteiger partial charge < -0.3 is 14.6 Å². The first-order valence-electron chi connectivity index (χ1n) is 7.67. The summed E-state index contributed by atoms with van der Waals surface area (Å²) in [5.41, 5.74) is 2.50. The number of nitrogens with zero attached hydrogens (tertiary/aromatic N) is 2. The Bertz CT molecular complexity index is 578. The molecule has 1 N–H and O–H groups in total. The summed E-state index contributed by atoms with van der Waals surface area (Å²) in [6.07, 6.45) is 3.83. The van der Waals surface area contributed by atoms with Crippen LogP contribution in [-0.2, 0) is 30.7 Å². The molecule has 1 aliphatic heterocycles. The number of hydrogen-bond acceptors (Lipinski definition) is 3. The van der Waals surface area contributed by atoms with E-state index < -0.39 is 5.97 Å². The van der Waals surface area contributed by atoms with Crippen LogP contribution in [-0.4, -0.2) is 34.1 Å². The van der Waals surface area contributed by atoms with Gasteiger partial charge in [0.05, 0.1) is 6.42 Å². The van der Waals surface area contributed by atoms with Crippen LogP contribution in [0.5, 0.6) is 0 Å². The van der Waals surface area contributed by atoms with Crippen molar-refractivity contribution < 1.29 is 9.90 Å². The molecule has 0 bridgehead atoms. The second-order valence-corrected chi connectivity index (χ2v) is 5.86. The molecular formula is C16H24N2O3. The number of unbranched alkanes of at least 4 members (excludes halogenated alkanes) is 2. The second-order valence-electron chi connectivity index (χ2n) is 5.86. The predicted octanol–water partition coefficient (Wildman–Crippen LogP) is 1.65. The molecule has 1 aromatic rings. The number of carboxylic acid groups (broad SMARTS) is 1. The zero-order valence-corrected chi connectivity index (χ0v) is 12.9. The highest BCUT2D eigenvalue weighted by Gasteiger charge is 2.20. The van der Waals surface area contributed by atoms with E-state index in [0.29, 0.717) is 12.1 Å². The fraction of sp³-hybridized carbons (Fsp3) is 0.625. The number of aliphatic carboxylic acids is 1. The van der Waals surface area contributed by atoms with Crippen LogP contribution in [0.3, 0.4) is 0 Å². The monoisotopic (exact) mass is 292 g/mol. The Hall–Kier alpha value is -1.62. The van der Waals surface area contributed by atoms with Gasteiger partial charge in [-0.2, -0.15) is 0 Å². The SMILES string of the molecule is CCCCCn1c2c(cc(CC(=O)O)c1=O)CN(C)CC2. The fourth-order valence-corrected chi connectivity index (χ4v) is 2.97. The molecule has 21 heavy (non-hydrogen) atoms. The molecule has 1 aromatic heterocycles. The van der Waals surface area contributed by atoms with Gasteiger partial charge >= 0.3 is 5.97 Å². The highest BCUT2D eigenvalue weighted by molar-refractivity contribution is 5.70. The highest BCUT2D eigenvalue weighted by Crippen LogP contribution is 2.18. The summed E-state index contributed by atoms with van der Waals surface area (Å²) in [6, 6.07) is 1.80. The molecule has 1 aliphatic rings. The van der Waals surface area contributed by atoms with Crippen LogP contribution < -0.4 is 5.56 Å². The Kier molecular flexibility index (Phi) is 5.17. The summed E-state index contributed by atoms with van der Waals surface area (Å²) >= 11 is 0. The summed E-state index contributed by atoms with van der Waals surface area (Å²) < 4.78 is 1.83. The Balaban J connectivity index is 2.41. The van der Waals surface area contributed by atoms with Crippen LogP contribution in [0.15, 0.2) is 10.9 Å². The van der Waals surface area contributed by atoms with Crippen LogP contribution in [0, 0.1) is 0 Å². The zero-order valence-electron chi connectivity index (χ0n) is 12.9. The molecule has 5 nitrogen and oxygen atoms in total. The van der Waals surface area contributed by atoms with E-state index in [-0.39, 0.29) is 12.0 Å². The molecule has 5 heteroatoms. The fourth-order valence-electron chi connectivity index (χ4n) is 2.97. The summed E-state index contributed by atoms with van der Waals surface area (Å²) in [6.45, 7) is 4.56. The second kappa shape index (κ2) is 6.89. The number of aromatic nitrogens is 1. The summed E-state index contributed by atoms with van der Waals surface area (Å²) in [5.74, 6) is -0.948. The zero-order chi connectivity index (χ0) is 15.4. The lowest BCUT2D eigenvalue weighted by Gasteiger charge is -2.28. The topological polar surface area (TPSA) is 62.5 Å². The molecule has 0 saturated carbocycles. The van der Waals surface area contributed by atoms with Crippen molar-refractivity contribution in [2.75, 3.05) is 13.6 Å². The van der Waals surface area contributed by atoms with Crippen molar-refractivity contribution in [3.05, 3.63) is 33.2 Å². The van der Waals surface area contributed by atoms with Gasteiger partial charge in [0.1, 0.15) is 0 Å². The molecule has 0 unspecified atom stereocenters. The van der Waals surface area contributed by atoms with Crippen molar-refractivity contribution in [1.29, 1.82) is 0 Å². The molecule has 0 fully saturated rings. The van der Waals surface area contributed by atoms with Gasteiger partial charge in [0.15, 0.2) is 0 Å². The first kappa shape index (κ1) is 15.8. The van der Waals surface area contributed by atoms with E-state index >= 15 is 0 Å². The molecule has 0 spiro atoms. The Labute approximate surface area is 125 Å². The van der Waals surface area contributed by atoms with Crippen LogP contribution in [0.4, 0.5) is 0 Å². The third-order valence-corrected chi connectivity index (χ3v) is 4.06. The number of hydrogen-bond donors (Lipinski definition) is 1. The molecule has 116 valence electrons. The van der Waals surface area contributed by atoms with Crippen molar-refractivity contribution in [3.63, 3.8) is 0 Å². The molecule has 0 amide bonds.